The van der Waals surface area contributed by atoms with Gasteiger partial charge in [-0.1, -0.05) is 31.2 Å². The van der Waals surface area contributed by atoms with Crippen LogP contribution >= 0.6 is 0 Å². The van der Waals surface area contributed by atoms with Gasteiger partial charge in [-0.2, -0.15) is 0 Å². The molecular formula is C14H22N2O. The van der Waals surface area contributed by atoms with E-state index in [0.29, 0.717) is 5.92 Å². The summed E-state index contributed by atoms with van der Waals surface area (Å²) in [5, 5.41) is 0. The molecule has 1 saturated heterocycles. The summed E-state index contributed by atoms with van der Waals surface area (Å²) in [6.45, 7) is 5.24. The van der Waals surface area contributed by atoms with E-state index in [-0.39, 0.29) is 12.1 Å². The lowest BCUT2D eigenvalue weighted by Crippen LogP contribution is -2.47. The third-order valence-corrected chi connectivity index (χ3v) is 3.76. The van der Waals surface area contributed by atoms with Crippen LogP contribution in [0.2, 0.25) is 0 Å². The Morgan fingerprint density at radius 3 is 2.82 bits per heavy atom. The van der Waals surface area contributed by atoms with Crippen LogP contribution < -0.4 is 11.3 Å². The lowest BCUT2D eigenvalue weighted by Gasteiger charge is -2.26. The first-order valence-electron chi connectivity index (χ1n) is 6.34. The number of hydrogen-bond acceptors (Lipinski definition) is 3. The van der Waals surface area contributed by atoms with Crippen LogP contribution in [0.4, 0.5) is 0 Å². The van der Waals surface area contributed by atoms with Crippen molar-refractivity contribution < 1.29 is 4.74 Å². The van der Waals surface area contributed by atoms with Crippen molar-refractivity contribution in [1.29, 1.82) is 0 Å². The van der Waals surface area contributed by atoms with Crippen molar-refractivity contribution in [2.45, 2.75) is 38.8 Å². The Labute approximate surface area is 103 Å². The number of nitrogens with two attached hydrogens (primary N) is 1. The topological polar surface area (TPSA) is 47.3 Å². The smallest absolute Gasteiger partial charge is 0.0771 e. The summed E-state index contributed by atoms with van der Waals surface area (Å²) in [7, 11) is 0. The first-order chi connectivity index (χ1) is 8.22. The maximum atomic E-state index is 5.79. The molecule has 94 valence electrons. The zero-order valence-electron chi connectivity index (χ0n) is 10.6. The van der Waals surface area contributed by atoms with E-state index in [1.165, 1.54) is 11.1 Å². The monoisotopic (exact) mass is 234 g/mol. The second kappa shape index (κ2) is 5.63. The van der Waals surface area contributed by atoms with E-state index >= 15 is 0 Å². The standard InChI is InChI=1S/C14H22N2O/c1-10-5-3-4-6-12(10)9-13(16-15)14-11(2)7-8-17-14/h3-6,11,13-14,16H,7-9,15H2,1-2H3. The van der Waals surface area contributed by atoms with Gasteiger partial charge in [-0.15, -0.1) is 0 Å². The van der Waals surface area contributed by atoms with Crippen molar-refractivity contribution in [2.24, 2.45) is 11.8 Å². The summed E-state index contributed by atoms with van der Waals surface area (Å²) < 4.78 is 5.79. The van der Waals surface area contributed by atoms with Gasteiger partial charge in [-0.25, -0.2) is 0 Å². The van der Waals surface area contributed by atoms with E-state index in [1.54, 1.807) is 0 Å². The fourth-order valence-corrected chi connectivity index (χ4v) is 2.58. The summed E-state index contributed by atoms with van der Waals surface area (Å²) in [5.41, 5.74) is 5.59. The van der Waals surface area contributed by atoms with Crippen LogP contribution in [0.5, 0.6) is 0 Å². The van der Waals surface area contributed by atoms with Gasteiger partial charge in [0.05, 0.1) is 12.1 Å². The Balaban J connectivity index is 2.07. The maximum absolute atomic E-state index is 5.79. The minimum absolute atomic E-state index is 0.202. The number of ether oxygens (including phenoxy) is 1. The van der Waals surface area contributed by atoms with Crippen LogP contribution in [0.15, 0.2) is 24.3 Å². The molecule has 0 radical (unpaired) electrons. The zero-order chi connectivity index (χ0) is 12.3. The van der Waals surface area contributed by atoms with Crippen molar-refractivity contribution in [3.8, 4) is 0 Å². The van der Waals surface area contributed by atoms with Crippen molar-refractivity contribution in [1.82, 2.24) is 5.43 Å². The molecule has 1 aromatic rings. The molecule has 3 atom stereocenters. The number of nitrogens with one attached hydrogen (secondary N) is 1. The molecule has 3 heteroatoms. The third-order valence-electron chi connectivity index (χ3n) is 3.76. The SMILES string of the molecule is Cc1ccccc1CC(NN)C1OCCC1C. The maximum Gasteiger partial charge on any atom is 0.0771 e. The van der Waals surface area contributed by atoms with Gasteiger partial charge in [0.15, 0.2) is 0 Å². The molecule has 3 nitrogen and oxygen atoms in total. The fraction of sp³-hybridized carbons (Fsp3) is 0.571. The first-order valence-corrected chi connectivity index (χ1v) is 6.34. The Hall–Kier alpha value is -0.900. The average Bonchev–Trinajstić information content (AvgIpc) is 2.75. The van der Waals surface area contributed by atoms with Gasteiger partial charge in [0.1, 0.15) is 0 Å². The van der Waals surface area contributed by atoms with Crippen molar-refractivity contribution in [3.63, 3.8) is 0 Å². The average molecular weight is 234 g/mol. The largest absolute Gasteiger partial charge is 0.376 e. The van der Waals surface area contributed by atoms with Crippen molar-refractivity contribution in [2.75, 3.05) is 6.61 Å². The van der Waals surface area contributed by atoms with Gasteiger partial charge in [0, 0.05) is 6.61 Å². The molecule has 1 aliphatic rings. The lowest BCUT2D eigenvalue weighted by atomic mass is 9.92. The van der Waals surface area contributed by atoms with E-state index in [9.17, 15) is 0 Å². The van der Waals surface area contributed by atoms with E-state index in [1.807, 2.05) is 0 Å². The molecule has 1 aromatic carbocycles. The third kappa shape index (κ3) is 2.86. The number of aryl methyl sites for hydroxylation is 1. The van der Waals surface area contributed by atoms with Crippen LogP contribution in [0.1, 0.15) is 24.5 Å². The van der Waals surface area contributed by atoms with Crippen molar-refractivity contribution in [3.05, 3.63) is 35.4 Å². The molecule has 0 aliphatic carbocycles. The summed E-state index contributed by atoms with van der Waals surface area (Å²) in [6, 6.07) is 8.66. The highest BCUT2D eigenvalue weighted by Crippen LogP contribution is 2.25. The highest BCUT2D eigenvalue weighted by Gasteiger charge is 2.31. The van der Waals surface area contributed by atoms with Crippen LogP contribution in [-0.4, -0.2) is 18.8 Å². The van der Waals surface area contributed by atoms with Crippen LogP contribution in [0.3, 0.4) is 0 Å². The molecular weight excluding hydrogens is 212 g/mol. The van der Waals surface area contributed by atoms with Gasteiger partial charge in [0.2, 0.25) is 0 Å². The number of rotatable bonds is 4. The molecule has 2 rings (SSSR count). The molecule has 17 heavy (non-hydrogen) atoms. The summed E-state index contributed by atoms with van der Waals surface area (Å²) in [5.74, 6) is 6.27. The molecule has 0 saturated carbocycles. The molecule has 1 heterocycles. The number of benzene rings is 1. The van der Waals surface area contributed by atoms with Gasteiger partial charge in [-0.05, 0) is 36.8 Å². The number of hydrazine groups is 1. The Bertz CT molecular complexity index is 367. The minimum atomic E-state index is 0.202. The summed E-state index contributed by atoms with van der Waals surface area (Å²) in [6.07, 6.45) is 2.30. The highest BCUT2D eigenvalue weighted by atomic mass is 16.5. The van der Waals surface area contributed by atoms with Crippen LogP contribution in [0.25, 0.3) is 0 Å². The van der Waals surface area contributed by atoms with E-state index < -0.39 is 0 Å². The molecule has 3 unspecified atom stereocenters. The second-order valence-corrected chi connectivity index (χ2v) is 5.01. The predicted octanol–water partition coefficient (Wildman–Crippen LogP) is 1.79. The molecule has 1 fully saturated rings. The Morgan fingerprint density at radius 1 is 1.47 bits per heavy atom. The van der Waals surface area contributed by atoms with E-state index in [4.69, 9.17) is 10.6 Å². The lowest BCUT2D eigenvalue weighted by molar-refractivity contribution is 0.0610. The van der Waals surface area contributed by atoms with Gasteiger partial charge in [-0.3, -0.25) is 11.3 Å². The van der Waals surface area contributed by atoms with E-state index in [2.05, 4.69) is 43.5 Å². The summed E-state index contributed by atoms with van der Waals surface area (Å²) >= 11 is 0. The molecule has 1 aliphatic heterocycles. The van der Waals surface area contributed by atoms with Crippen LogP contribution in [-0.2, 0) is 11.2 Å². The number of hydrogen-bond donors (Lipinski definition) is 2. The first kappa shape index (κ1) is 12.6. The Morgan fingerprint density at radius 2 is 2.24 bits per heavy atom. The molecule has 0 bridgehead atoms. The minimum Gasteiger partial charge on any atom is -0.376 e. The summed E-state index contributed by atoms with van der Waals surface area (Å²) in [4.78, 5) is 0. The quantitative estimate of drug-likeness (QED) is 0.617. The van der Waals surface area contributed by atoms with Gasteiger partial charge in [0.25, 0.3) is 0 Å². The molecule has 0 amide bonds. The highest BCUT2D eigenvalue weighted by molar-refractivity contribution is 5.26. The van der Waals surface area contributed by atoms with E-state index in [0.717, 1.165) is 19.4 Å². The van der Waals surface area contributed by atoms with Gasteiger partial charge < -0.3 is 4.74 Å². The predicted molar refractivity (Wildman–Crippen MR) is 69.5 cm³/mol. The van der Waals surface area contributed by atoms with Gasteiger partial charge >= 0.3 is 0 Å². The molecule has 0 spiro atoms. The molecule has 0 aromatic heterocycles. The molecule has 3 N–H and O–H groups in total. The van der Waals surface area contributed by atoms with Crippen LogP contribution in [0, 0.1) is 12.8 Å². The fourth-order valence-electron chi connectivity index (χ4n) is 2.58. The Kier molecular flexibility index (Phi) is 4.15. The zero-order valence-corrected chi connectivity index (χ0v) is 10.6. The second-order valence-electron chi connectivity index (χ2n) is 5.01. The normalized spacial score (nSPS) is 26.1. The van der Waals surface area contributed by atoms with Crippen molar-refractivity contribution >= 4 is 0 Å².